The predicted octanol–water partition coefficient (Wildman–Crippen LogP) is 2.03. The molecule has 3 heterocycles. The third-order valence-corrected chi connectivity index (χ3v) is 4.68. The van der Waals surface area contributed by atoms with Crippen molar-refractivity contribution < 1.29 is 0 Å². The fourth-order valence-corrected chi connectivity index (χ4v) is 3.69. The van der Waals surface area contributed by atoms with E-state index in [1.54, 1.807) is 4.57 Å². The van der Waals surface area contributed by atoms with Gasteiger partial charge in [-0.05, 0) is 25.3 Å². The molecule has 0 fully saturated rings. The summed E-state index contributed by atoms with van der Waals surface area (Å²) in [5, 5.41) is 9.95. The Bertz CT molecular complexity index is 834. The number of rotatable bonds is 4. The second-order valence-electron chi connectivity index (χ2n) is 4.73. The van der Waals surface area contributed by atoms with E-state index in [9.17, 15) is 4.79 Å². The first-order valence-electron chi connectivity index (χ1n) is 6.35. The number of nitrogens with two attached hydrogens (primary N) is 1. The van der Waals surface area contributed by atoms with Gasteiger partial charge >= 0.3 is 5.69 Å². The lowest BCUT2D eigenvalue weighted by Crippen LogP contribution is -2.19. The van der Waals surface area contributed by atoms with Crippen LogP contribution in [0.15, 0.2) is 21.4 Å². The maximum atomic E-state index is 11.7. The van der Waals surface area contributed by atoms with E-state index < -0.39 is 0 Å². The van der Waals surface area contributed by atoms with Gasteiger partial charge in [0.15, 0.2) is 5.16 Å². The third kappa shape index (κ3) is 2.66. The number of thioether (sulfide) groups is 1. The molecule has 0 aromatic carbocycles. The number of hydrogen-bond donors (Lipinski definition) is 2. The third-order valence-electron chi connectivity index (χ3n) is 2.92. The molecular formula is C12H14N6OS2. The van der Waals surface area contributed by atoms with Crippen LogP contribution < -0.4 is 11.4 Å². The van der Waals surface area contributed by atoms with Gasteiger partial charge in [-0.25, -0.2) is 19.9 Å². The van der Waals surface area contributed by atoms with Crippen LogP contribution in [0.1, 0.15) is 25.7 Å². The zero-order valence-corrected chi connectivity index (χ0v) is 13.2. The Hall–Kier alpha value is -1.87. The molecule has 0 atom stereocenters. The summed E-state index contributed by atoms with van der Waals surface area (Å²) in [5.41, 5.74) is 5.72. The summed E-state index contributed by atoms with van der Waals surface area (Å²) in [7, 11) is 0. The number of fused-ring (bicyclic) bond motifs is 1. The lowest BCUT2D eigenvalue weighted by atomic mass is 10.4. The lowest BCUT2D eigenvalue weighted by Gasteiger charge is -2.08. The van der Waals surface area contributed by atoms with Crippen molar-refractivity contribution in [3.8, 4) is 0 Å². The highest BCUT2D eigenvalue weighted by Gasteiger charge is 2.13. The molecule has 21 heavy (non-hydrogen) atoms. The molecule has 0 saturated carbocycles. The Kier molecular flexibility index (Phi) is 3.68. The molecule has 3 aromatic rings. The standard InChI is InChI=1S/C12H14N6OS2/c1-6(2)18-11(19)16-17-12(18)21-5-8-14-9(13)7-3-4-20-10(7)15-8/h3-4,6H,5H2,1-2H3,(H,16,19)(H2,13,14,15). The fraction of sp³-hybridized carbons (Fsp3) is 0.333. The zero-order valence-electron chi connectivity index (χ0n) is 11.5. The molecule has 110 valence electrons. The largest absolute Gasteiger partial charge is 0.383 e. The van der Waals surface area contributed by atoms with Gasteiger partial charge in [0.1, 0.15) is 16.5 Å². The number of H-pyrrole nitrogens is 1. The molecule has 0 aliphatic carbocycles. The van der Waals surface area contributed by atoms with Crippen molar-refractivity contribution >= 4 is 39.1 Å². The van der Waals surface area contributed by atoms with E-state index in [0.29, 0.717) is 22.6 Å². The second-order valence-corrected chi connectivity index (χ2v) is 6.57. The summed E-state index contributed by atoms with van der Waals surface area (Å²) >= 11 is 2.95. The molecule has 3 rings (SSSR count). The molecular weight excluding hydrogens is 308 g/mol. The average Bonchev–Trinajstić information content (AvgIpc) is 3.02. The van der Waals surface area contributed by atoms with Gasteiger partial charge in [-0.15, -0.1) is 16.4 Å². The van der Waals surface area contributed by atoms with Gasteiger partial charge in [0, 0.05) is 6.04 Å². The zero-order chi connectivity index (χ0) is 15.0. The summed E-state index contributed by atoms with van der Waals surface area (Å²) in [5.74, 6) is 1.63. The number of nitrogen functional groups attached to an aromatic ring is 1. The highest BCUT2D eigenvalue weighted by Crippen LogP contribution is 2.26. The molecule has 0 spiro atoms. The van der Waals surface area contributed by atoms with Crippen LogP contribution in [0, 0.1) is 0 Å². The molecule has 9 heteroatoms. The monoisotopic (exact) mass is 322 g/mol. The highest BCUT2D eigenvalue weighted by atomic mass is 32.2. The van der Waals surface area contributed by atoms with E-state index in [2.05, 4.69) is 20.2 Å². The molecule has 0 aliphatic rings. The Morgan fingerprint density at radius 3 is 3.05 bits per heavy atom. The van der Waals surface area contributed by atoms with Crippen LogP contribution in [0.4, 0.5) is 5.82 Å². The van der Waals surface area contributed by atoms with E-state index in [1.165, 1.54) is 23.1 Å². The Balaban J connectivity index is 1.85. The van der Waals surface area contributed by atoms with Gasteiger partial charge in [0.2, 0.25) is 0 Å². The number of nitrogens with one attached hydrogen (secondary N) is 1. The summed E-state index contributed by atoms with van der Waals surface area (Å²) in [4.78, 5) is 21.3. The van der Waals surface area contributed by atoms with Gasteiger partial charge in [0.05, 0.1) is 11.1 Å². The maximum Gasteiger partial charge on any atom is 0.344 e. The molecule has 0 saturated heterocycles. The van der Waals surface area contributed by atoms with Crippen molar-refractivity contribution in [2.24, 2.45) is 0 Å². The van der Waals surface area contributed by atoms with Gasteiger partial charge in [-0.2, -0.15) is 0 Å². The van der Waals surface area contributed by atoms with E-state index in [4.69, 9.17) is 5.73 Å². The van der Waals surface area contributed by atoms with E-state index in [-0.39, 0.29) is 11.7 Å². The summed E-state index contributed by atoms with van der Waals surface area (Å²) in [6, 6.07) is 1.96. The van der Waals surface area contributed by atoms with E-state index in [1.807, 2.05) is 25.3 Å². The minimum absolute atomic E-state index is 0.0458. The number of anilines is 1. The average molecular weight is 322 g/mol. The predicted molar refractivity (Wildman–Crippen MR) is 84.6 cm³/mol. The summed E-state index contributed by atoms with van der Waals surface area (Å²) < 4.78 is 1.61. The first kappa shape index (κ1) is 14.1. The first-order valence-corrected chi connectivity index (χ1v) is 8.22. The quantitative estimate of drug-likeness (QED) is 0.713. The topological polar surface area (TPSA) is 102 Å². The Labute approximate surface area is 128 Å². The second kappa shape index (κ2) is 5.49. The van der Waals surface area contributed by atoms with Crippen LogP contribution in [0.3, 0.4) is 0 Å². The molecule has 7 nitrogen and oxygen atoms in total. The van der Waals surface area contributed by atoms with Crippen molar-refractivity contribution in [2.75, 3.05) is 5.73 Å². The van der Waals surface area contributed by atoms with Gasteiger partial charge in [0.25, 0.3) is 0 Å². The van der Waals surface area contributed by atoms with Crippen molar-refractivity contribution in [2.45, 2.75) is 30.8 Å². The van der Waals surface area contributed by atoms with Crippen LogP contribution in [-0.2, 0) is 5.75 Å². The minimum atomic E-state index is -0.207. The number of hydrogen-bond acceptors (Lipinski definition) is 7. The fourth-order valence-electron chi connectivity index (χ4n) is 1.97. The van der Waals surface area contributed by atoms with Gasteiger partial charge < -0.3 is 5.73 Å². The van der Waals surface area contributed by atoms with Gasteiger partial charge in [-0.3, -0.25) is 4.57 Å². The van der Waals surface area contributed by atoms with Crippen molar-refractivity contribution in [3.05, 3.63) is 27.8 Å². The van der Waals surface area contributed by atoms with Crippen LogP contribution >= 0.6 is 23.1 Å². The van der Waals surface area contributed by atoms with Crippen molar-refractivity contribution in [1.82, 2.24) is 24.7 Å². The normalized spacial score (nSPS) is 11.6. The van der Waals surface area contributed by atoms with E-state index in [0.717, 1.165) is 10.2 Å². The van der Waals surface area contributed by atoms with E-state index >= 15 is 0 Å². The molecule has 0 radical (unpaired) electrons. The number of aromatic nitrogens is 5. The highest BCUT2D eigenvalue weighted by molar-refractivity contribution is 7.98. The van der Waals surface area contributed by atoms with Crippen molar-refractivity contribution in [3.63, 3.8) is 0 Å². The maximum absolute atomic E-state index is 11.7. The first-order chi connectivity index (χ1) is 10.1. The Morgan fingerprint density at radius 1 is 1.48 bits per heavy atom. The number of nitrogens with zero attached hydrogens (tertiary/aromatic N) is 4. The van der Waals surface area contributed by atoms with Crippen LogP contribution in [0.5, 0.6) is 0 Å². The molecule has 0 amide bonds. The summed E-state index contributed by atoms with van der Waals surface area (Å²) in [6.45, 7) is 3.88. The number of thiophene rings is 1. The molecule has 0 bridgehead atoms. The molecule has 0 aliphatic heterocycles. The summed E-state index contributed by atoms with van der Waals surface area (Å²) in [6.07, 6.45) is 0. The Morgan fingerprint density at radius 2 is 2.29 bits per heavy atom. The van der Waals surface area contributed by atoms with Crippen molar-refractivity contribution in [1.29, 1.82) is 0 Å². The van der Waals surface area contributed by atoms with Crippen LogP contribution in [0.25, 0.3) is 10.2 Å². The van der Waals surface area contributed by atoms with Crippen LogP contribution in [0.2, 0.25) is 0 Å². The molecule has 3 N–H and O–H groups in total. The molecule has 3 aromatic heterocycles. The SMILES string of the molecule is CC(C)n1c(SCc2nc(N)c3ccsc3n2)n[nH]c1=O. The lowest BCUT2D eigenvalue weighted by molar-refractivity contribution is 0.534. The minimum Gasteiger partial charge on any atom is -0.383 e. The van der Waals surface area contributed by atoms with Gasteiger partial charge in [-0.1, -0.05) is 11.8 Å². The number of aromatic amines is 1. The van der Waals surface area contributed by atoms with Crippen LogP contribution in [-0.4, -0.2) is 24.7 Å². The molecule has 0 unspecified atom stereocenters. The smallest absolute Gasteiger partial charge is 0.344 e.